The molecule has 1 saturated heterocycles. The molecule has 1 aliphatic heterocycles. The molecule has 0 spiro atoms. The van der Waals surface area contributed by atoms with E-state index in [1.807, 2.05) is 12.1 Å². The van der Waals surface area contributed by atoms with E-state index in [0.29, 0.717) is 37.7 Å². The van der Waals surface area contributed by atoms with Crippen molar-refractivity contribution >= 4 is 28.6 Å². The molecule has 9 heteroatoms. The Hall–Kier alpha value is -2.55. The Morgan fingerprint density at radius 2 is 2.28 bits per heavy atom. The monoisotopic (exact) mass is 361 g/mol. The SMILES string of the molecule is O=C(CCN1CCSC1=O)Nc1cccc(OCCn2cncn2)c1. The average molecular weight is 361 g/mol. The van der Waals surface area contributed by atoms with E-state index in [0.717, 1.165) is 5.75 Å². The third kappa shape index (κ3) is 5.21. The predicted octanol–water partition coefficient (Wildman–Crippen LogP) is 1.85. The molecule has 132 valence electrons. The molecule has 25 heavy (non-hydrogen) atoms. The largest absolute Gasteiger partial charge is 0.492 e. The van der Waals surface area contributed by atoms with Crippen molar-refractivity contribution in [1.29, 1.82) is 0 Å². The Labute approximate surface area is 149 Å². The molecule has 3 rings (SSSR count). The van der Waals surface area contributed by atoms with Crippen LogP contribution in [0.4, 0.5) is 10.5 Å². The summed E-state index contributed by atoms with van der Waals surface area (Å²) in [5.74, 6) is 1.35. The van der Waals surface area contributed by atoms with Gasteiger partial charge in [0.05, 0.1) is 6.54 Å². The molecule has 2 heterocycles. The minimum atomic E-state index is -0.121. The fraction of sp³-hybridized carbons (Fsp3) is 0.375. The van der Waals surface area contributed by atoms with Crippen LogP contribution in [0.5, 0.6) is 5.75 Å². The predicted molar refractivity (Wildman–Crippen MR) is 94.6 cm³/mol. The molecule has 0 atom stereocenters. The molecule has 0 saturated carbocycles. The summed E-state index contributed by atoms with van der Waals surface area (Å²) in [5.41, 5.74) is 0.672. The molecule has 2 aromatic rings. The van der Waals surface area contributed by atoms with Crippen LogP contribution in [0.25, 0.3) is 0 Å². The van der Waals surface area contributed by atoms with Gasteiger partial charge >= 0.3 is 0 Å². The molecule has 0 unspecified atom stereocenters. The van der Waals surface area contributed by atoms with E-state index in [9.17, 15) is 9.59 Å². The van der Waals surface area contributed by atoms with E-state index in [2.05, 4.69) is 15.4 Å². The number of hydrogen-bond acceptors (Lipinski definition) is 6. The zero-order valence-corrected chi connectivity index (χ0v) is 14.4. The van der Waals surface area contributed by atoms with Crippen LogP contribution in [-0.2, 0) is 11.3 Å². The number of benzene rings is 1. The second kappa shape index (κ2) is 8.52. The van der Waals surface area contributed by atoms with Gasteiger partial charge in [-0.2, -0.15) is 5.10 Å². The van der Waals surface area contributed by atoms with Gasteiger partial charge in [0, 0.05) is 37.0 Å². The second-order valence-electron chi connectivity index (χ2n) is 5.43. The number of nitrogens with one attached hydrogen (secondary N) is 1. The maximum absolute atomic E-state index is 12.0. The van der Waals surface area contributed by atoms with Gasteiger partial charge in [0.15, 0.2) is 0 Å². The summed E-state index contributed by atoms with van der Waals surface area (Å²) >= 11 is 1.30. The summed E-state index contributed by atoms with van der Waals surface area (Å²) in [5, 5.41) is 6.89. The van der Waals surface area contributed by atoms with Gasteiger partial charge in [-0.3, -0.25) is 9.59 Å². The average Bonchev–Trinajstić information content (AvgIpc) is 3.25. The number of carbonyl (C=O) groups excluding carboxylic acids is 2. The van der Waals surface area contributed by atoms with Crippen LogP contribution in [-0.4, -0.2) is 56.3 Å². The molecule has 1 aromatic heterocycles. The van der Waals surface area contributed by atoms with Gasteiger partial charge in [-0.1, -0.05) is 17.8 Å². The molecule has 0 radical (unpaired) electrons. The number of carbonyl (C=O) groups is 2. The second-order valence-corrected chi connectivity index (χ2v) is 6.48. The summed E-state index contributed by atoms with van der Waals surface area (Å²) in [4.78, 5) is 29.1. The van der Waals surface area contributed by atoms with Gasteiger partial charge in [-0.25, -0.2) is 9.67 Å². The van der Waals surface area contributed by atoms with Crippen molar-refractivity contribution in [1.82, 2.24) is 19.7 Å². The van der Waals surface area contributed by atoms with Crippen LogP contribution < -0.4 is 10.1 Å². The molecule has 1 aliphatic rings. The molecule has 0 bridgehead atoms. The van der Waals surface area contributed by atoms with Gasteiger partial charge in [0.1, 0.15) is 25.0 Å². The Kier molecular flexibility index (Phi) is 5.89. The molecule has 0 aliphatic carbocycles. The third-order valence-electron chi connectivity index (χ3n) is 3.63. The Bertz CT molecular complexity index is 722. The number of ether oxygens (including phenoxy) is 1. The van der Waals surface area contributed by atoms with Crippen molar-refractivity contribution in [3.63, 3.8) is 0 Å². The van der Waals surface area contributed by atoms with E-state index in [-0.39, 0.29) is 17.6 Å². The molecule has 2 amide bonds. The summed E-state index contributed by atoms with van der Waals surface area (Å²) in [7, 11) is 0. The van der Waals surface area contributed by atoms with Crippen LogP contribution in [0.3, 0.4) is 0 Å². The minimum Gasteiger partial charge on any atom is -0.492 e. The molecule has 1 aromatic carbocycles. The summed E-state index contributed by atoms with van der Waals surface area (Å²) in [6.07, 6.45) is 3.39. The van der Waals surface area contributed by atoms with Crippen molar-refractivity contribution in [3.8, 4) is 5.75 Å². The lowest BCUT2D eigenvalue weighted by Crippen LogP contribution is -2.27. The molecule has 1 N–H and O–H groups in total. The molecule has 8 nitrogen and oxygen atoms in total. The number of anilines is 1. The van der Waals surface area contributed by atoms with Crippen LogP contribution in [0.1, 0.15) is 6.42 Å². The van der Waals surface area contributed by atoms with Gasteiger partial charge in [-0.05, 0) is 12.1 Å². The number of hydrogen-bond donors (Lipinski definition) is 1. The number of amides is 2. The highest BCUT2D eigenvalue weighted by Crippen LogP contribution is 2.19. The van der Waals surface area contributed by atoms with E-state index in [1.54, 1.807) is 28.0 Å². The lowest BCUT2D eigenvalue weighted by atomic mass is 10.3. The smallest absolute Gasteiger partial charge is 0.281 e. The van der Waals surface area contributed by atoms with Gasteiger partial charge in [0.25, 0.3) is 5.24 Å². The minimum absolute atomic E-state index is 0.0515. The normalized spacial score (nSPS) is 13.9. The highest BCUT2D eigenvalue weighted by Gasteiger charge is 2.21. The Morgan fingerprint density at radius 1 is 1.36 bits per heavy atom. The van der Waals surface area contributed by atoms with Crippen LogP contribution in [0.2, 0.25) is 0 Å². The highest BCUT2D eigenvalue weighted by molar-refractivity contribution is 8.13. The fourth-order valence-electron chi connectivity index (χ4n) is 2.36. The summed E-state index contributed by atoms with van der Waals surface area (Å²) < 4.78 is 7.35. The number of nitrogens with zero attached hydrogens (tertiary/aromatic N) is 4. The first-order valence-corrected chi connectivity index (χ1v) is 8.96. The molecular weight excluding hydrogens is 342 g/mol. The third-order valence-corrected chi connectivity index (χ3v) is 4.52. The van der Waals surface area contributed by atoms with Gasteiger partial charge in [0.2, 0.25) is 5.91 Å². The fourth-order valence-corrected chi connectivity index (χ4v) is 3.21. The van der Waals surface area contributed by atoms with Crippen molar-refractivity contribution in [2.45, 2.75) is 13.0 Å². The van der Waals surface area contributed by atoms with E-state index >= 15 is 0 Å². The first-order valence-electron chi connectivity index (χ1n) is 7.97. The zero-order valence-electron chi connectivity index (χ0n) is 13.6. The van der Waals surface area contributed by atoms with Gasteiger partial charge < -0.3 is 15.0 Å². The quantitative estimate of drug-likeness (QED) is 0.772. The maximum atomic E-state index is 12.0. The first kappa shape index (κ1) is 17.3. The van der Waals surface area contributed by atoms with Crippen LogP contribution in [0, 0.1) is 0 Å². The maximum Gasteiger partial charge on any atom is 0.281 e. The van der Waals surface area contributed by atoms with Crippen molar-refractivity contribution < 1.29 is 14.3 Å². The van der Waals surface area contributed by atoms with Crippen LogP contribution in [0.15, 0.2) is 36.9 Å². The molecular formula is C16H19N5O3S. The zero-order chi connectivity index (χ0) is 17.5. The van der Waals surface area contributed by atoms with E-state index < -0.39 is 0 Å². The Morgan fingerprint density at radius 3 is 3.04 bits per heavy atom. The summed E-state index contributed by atoms with van der Waals surface area (Å²) in [6, 6.07) is 7.23. The topological polar surface area (TPSA) is 89.4 Å². The van der Waals surface area contributed by atoms with E-state index in [4.69, 9.17) is 4.74 Å². The van der Waals surface area contributed by atoms with Crippen molar-refractivity contribution in [2.75, 3.05) is 30.8 Å². The lowest BCUT2D eigenvalue weighted by molar-refractivity contribution is -0.116. The summed E-state index contributed by atoms with van der Waals surface area (Å²) in [6.45, 7) is 2.21. The first-order chi connectivity index (χ1) is 12.2. The Balaban J connectivity index is 1.44. The number of aromatic nitrogens is 3. The lowest BCUT2D eigenvalue weighted by Gasteiger charge is -2.14. The standard InChI is InChI=1S/C16H19N5O3S/c22-15(4-5-20-7-9-25-16(20)23)19-13-2-1-3-14(10-13)24-8-6-21-12-17-11-18-21/h1-3,10-12H,4-9H2,(H,19,22). The van der Waals surface area contributed by atoms with Crippen molar-refractivity contribution in [3.05, 3.63) is 36.9 Å². The highest BCUT2D eigenvalue weighted by atomic mass is 32.2. The van der Waals surface area contributed by atoms with Crippen LogP contribution >= 0.6 is 11.8 Å². The molecule has 1 fully saturated rings. The van der Waals surface area contributed by atoms with Crippen molar-refractivity contribution in [2.24, 2.45) is 0 Å². The van der Waals surface area contributed by atoms with E-state index in [1.165, 1.54) is 18.1 Å². The number of thioether (sulfide) groups is 1. The number of rotatable bonds is 8. The van der Waals surface area contributed by atoms with Gasteiger partial charge in [-0.15, -0.1) is 0 Å².